The first kappa shape index (κ1) is 19.5. The molecular weight excluding hydrogens is 390 g/mol. The summed E-state index contributed by atoms with van der Waals surface area (Å²) in [5, 5.41) is 1.03. The van der Waals surface area contributed by atoms with Crippen LogP contribution in [-0.2, 0) is 4.74 Å². The molecule has 1 fully saturated rings. The number of rotatable bonds is 7. The molecule has 31 heavy (non-hydrogen) atoms. The van der Waals surface area contributed by atoms with Gasteiger partial charge in [0.1, 0.15) is 11.3 Å². The average molecular weight is 415 g/mol. The fourth-order valence-corrected chi connectivity index (χ4v) is 3.71. The predicted octanol–water partition coefficient (Wildman–Crippen LogP) is 5.60. The van der Waals surface area contributed by atoms with Gasteiger partial charge in [-0.1, -0.05) is 31.5 Å². The second-order valence-electron chi connectivity index (χ2n) is 8.08. The number of para-hydroxylation sites is 1. The summed E-state index contributed by atoms with van der Waals surface area (Å²) in [4.78, 5) is 24.4. The monoisotopic (exact) mass is 415 g/mol. The van der Waals surface area contributed by atoms with Gasteiger partial charge in [-0.25, -0.2) is 14.8 Å². The molecule has 158 valence electrons. The lowest BCUT2D eigenvalue weighted by atomic mass is 10.1. The molecule has 2 heterocycles. The van der Waals surface area contributed by atoms with Gasteiger partial charge in [-0.15, -0.1) is 0 Å². The minimum atomic E-state index is -0.324. The Hall–Kier alpha value is -3.41. The SMILES string of the molecule is CCCCOC(=O)c1ccc2nc(-c3cc4ccccc4o3)c(N(C)C3CC3)nc2c1. The zero-order valence-corrected chi connectivity index (χ0v) is 17.8. The standard InChI is InChI=1S/C25H25N3O3/c1-3-4-13-30-25(29)17-9-12-19-20(14-17)27-24(28(2)18-10-11-18)23(26-19)22-15-16-7-5-6-8-21(16)31-22/h5-9,12,14-15,18H,3-4,10-11,13H2,1-2H3. The summed E-state index contributed by atoms with van der Waals surface area (Å²) in [6.07, 6.45) is 4.12. The highest BCUT2D eigenvalue weighted by molar-refractivity contribution is 5.95. The first-order chi connectivity index (χ1) is 15.1. The number of nitrogens with zero attached hydrogens (tertiary/aromatic N) is 3. The lowest BCUT2D eigenvalue weighted by molar-refractivity contribution is 0.0500. The van der Waals surface area contributed by atoms with Gasteiger partial charge >= 0.3 is 5.97 Å². The largest absolute Gasteiger partial charge is 0.462 e. The Morgan fingerprint density at radius 2 is 1.97 bits per heavy atom. The summed E-state index contributed by atoms with van der Waals surface area (Å²) in [5.74, 6) is 1.14. The average Bonchev–Trinajstić information content (AvgIpc) is 3.55. The van der Waals surface area contributed by atoms with Crippen molar-refractivity contribution in [3.05, 3.63) is 54.1 Å². The van der Waals surface area contributed by atoms with Crippen molar-refractivity contribution in [2.24, 2.45) is 0 Å². The minimum Gasteiger partial charge on any atom is -0.462 e. The quantitative estimate of drug-likeness (QED) is 0.289. The first-order valence-corrected chi connectivity index (χ1v) is 10.8. The first-order valence-electron chi connectivity index (χ1n) is 10.8. The Morgan fingerprint density at radius 1 is 1.13 bits per heavy atom. The van der Waals surface area contributed by atoms with Crippen molar-refractivity contribution >= 4 is 33.8 Å². The smallest absolute Gasteiger partial charge is 0.338 e. The number of furan rings is 1. The molecule has 0 spiro atoms. The summed E-state index contributed by atoms with van der Waals surface area (Å²) in [7, 11) is 2.04. The van der Waals surface area contributed by atoms with Crippen molar-refractivity contribution in [1.82, 2.24) is 9.97 Å². The van der Waals surface area contributed by atoms with Gasteiger partial charge in [-0.2, -0.15) is 0 Å². The van der Waals surface area contributed by atoms with Crippen molar-refractivity contribution in [3.8, 4) is 11.5 Å². The fourth-order valence-electron chi connectivity index (χ4n) is 3.71. The van der Waals surface area contributed by atoms with E-state index in [-0.39, 0.29) is 5.97 Å². The normalized spacial score (nSPS) is 13.6. The van der Waals surface area contributed by atoms with E-state index in [1.807, 2.05) is 43.4 Å². The third kappa shape index (κ3) is 3.85. The molecule has 5 rings (SSSR count). The Bertz CT molecular complexity index is 1230. The highest BCUT2D eigenvalue weighted by Gasteiger charge is 2.30. The van der Waals surface area contributed by atoms with E-state index < -0.39 is 0 Å². The third-order valence-electron chi connectivity index (χ3n) is 5.70. The Morgan fingerprint density at radius 3 is 2.74 bits per heavy atom. The molecule has 4 aromatic rings. The van der Waals surface area contributed by atoms with E-state index in [4.69, 9.17) is 19.1 Å². The lowest BCUT2D eigenvalue weighted by Gasteiger charge is -2.20. The van der Waals surface area contributed by atoms with E-state index in [0.717, 1.165) is 48.2 Å². The van der Waals surface area contributed by atoms with E-state index in [9.17, 15) is 4.79 Å². The van der Waals surface area contributed by atoms with Crippen molar-refractivity contribution in [2.45, 2.75) is 38.6 Å². The molecule has 0 saturated heterocycles. The number of aromatic nitrogens is 2. The van der Waals surface area contributed by atoms with Gasteiger partial charge in [0, 0.05) is 18.5 Å². The van der Waals surface area contributed by atoms with Crippen LogP contribution in [0.2, 0.25) is 0 Å². The number of ether oxygens (including phenoxy) is 1. The second kappa shape index (κ2) is 8.02. The zero-order chi connectivity index (χ0) is 21.4. The molecule has 0 aliphatic heterocycles. The van der Waals surface area contributed by atoms with Crippen molar-refractivity contribution in [1.29, 1.82) is 0 Å². The molecule has 1 aliphatic carbocycles. The molecule has 0 unspecified atom stereocenters. The molecule has 1 aliphatic rings. The van der Waals surface area contributed by atoms with E-state index in [0.29, 0.717) is 35.0 Å². The maximum absolute atomic E-state index is 12.4. The number of benzene rings is 2. The zero-order valence-electron chi connectivity index (χ0n) is 17.8. The molecule has 0 bridgehead atoms. The number of hydrogen-bond donors (Lipinski definition) is 0. The van der Waals surface area contributed by atoms with Gasteiger partial charge in [0.05, 0.1) is 23.2 Å². The van der Waals surface area contributed by atoms with Gasteiger partial charge in [0.2, 0.25) is 0 Å². The van der Waals surface area contributed by atoms with E-state index >= 15 is 0 Å². The highest BCUT2D eigenvalue weighted by Crippen LogP contribution is 2.37. The number of unbranched alkanes of at least 4 members (excludes halogenated alkanes) is 1. The minimum absolute atomic E-state index is 0.324. The van der Waals surface area contributed by atoms with Gasteiger partial charge in [0.25, 0.3) is 0 Å². The number of fused-ring (bicyclic) bond motifs is 2. The van der Waals surface area contributed by atoms with Crippen LogP contribution in [0.4, 0.5) is 5.82 Å². The Kier molecular flexibility index (Phi) is 5.06. The summed E-state index contributed by atoms with van der Waals surface area (Å²) in [6, 6.07) is 15.7. The topological polar surface area (TPSA) is 68.5 Å². The number of esters is 1. The van der Waals surface area contributed by atoms with Gasteiger partial charge in [-0.05, 0) is 49.6 Å². The number of hydrogen-bond acceptors (Lipinski definition) is 6. The summed E-state index contributed by atoms with van der Waals surface area (Å²) < 4.78 is 11.5. The van der Waals surface area contributed by atoms with Crippen LogP contribution in [0.1, 0.15) is 43.0 Å². The maximum atomic E-state index is 12.4. The molecule has 6 nitrogen and oxygen atoms in total. The molecule has 0 amide bonds. The van der Waals surface area contributed by atoms with Crippen LogP contribution in [0.3, 0.4) is 0 Å². The maximum Gasteiger partial charge on any atom is 0.338 e. The molecule has 1 saturated carbocycles. The fraction of sp³-hybridized carbons (Fsp3) is 0.320. The predicted molar refractivity (Wildman–Crippen MR) is 121 cm³/mol. The molecule has 6 heteroatoms. The molecule has 2 aromatic heterocycles. The molecule has 2 aromatic carbocycles. The van der Waals surface area contributed by atoms with Crippen LogP contribution < -0.4 is 4.90 Å². The van der Waals surface area contributed by atoms with Crippen molar-refractivity contribution in [3.63, 3.8) is 0 Å². The van der Waals surface area contributed by atoms with E-state index in [2.05, 4.69) is 11.8 Å². The van der Waals surface area contributed by atoms with E-state index in [1.165, 1.54) is 0 Å². The Balaban J connectivity index is 1.58. The van der Waals surface area contributed by atoms with Crippen LogP contribution in [0.15, 0.2) is 52.9 Å². The second-order valence-corrected chi connectivity index (χ2v) is 8.08. The van der Waals surface area contributed by atoms with Crippen molar-refractivity contribution < 1.29 is 13.9 Å². The molecule has 0 radical (unpaired) electrons. The van der Waals surface area contributed by atoms with Gasteiger partial charge in [0.15, 0.2) is 11.6 Å². The summed E-state index contributed by atoms with van der Waals surface area (Å²) in [5.41, 5.74) is 3.43. The number of carbonyl (C=O) groups is 1. The number of anilines is 1. The lowest BCUT2D eigenvalue weighted by Crippen LogP contribution is -2.22. The van der Waals surface area contributed by atoms with Crippen LogP contribution in [0.25, 0.3) is 33.5 Å². The van der Waals surface area contributed by atoms with Crippen LogP contribution in [0.5, 0.6) is 0 Å². The van der Waals surface area contributed by atoms with Crippen molar-refractivity contribution in [2.75, 3.05) is 18.6 Å². The molecular formula is C25H25N3O3. The summed E-state index contributed by atoms with van der Waals surface area (Å²) in [6.45, 7) is 2.50. The summed E-state index contributed by atoms with van der Waals surface area (Å²) >= 11 is 0. The number of carbonyl (C=O) groups excluding carboxylic acids is 1. The van der Waals surface area contributed by atoms with Gasteiger partial charge in [-0.3, -0.25) is 0 Å². The molecule has 0 N–H and O–H groups in total. The van der Waals surface area contributed by atoms with Crippen LogP contribution in [-0.4, -0.2) is 35.6 Å². The third-order valence-corrected chi connectivity index (χ3v) is 5.70. The highest BCUT2D eigenvalue weighted by atomic mass is 16.5. The molecule has 0 atom stereocenters. The van der Waals surface area contributed by atoms with Crippen LogP contribution >= 0.6 is 0 Å². The van der Waals surface area contributed by atoms with Crippen LogP contribution in [0, 0.1) is 0 Å². The Labute approximate surface area is 180 Å². The van der Waals surface area contributed by atoms with E-state index in [1.54, 1.807) is 12.1 Å². The van der Waals surface area contributed by atoms with Gasteiger partial charge < -0.3 is 14.1 Å².